The predicted molar refractivity (Wildman–Crippen MR) is 124 cm³/mol. The van der Waals surface area contributed by atoms with Gasteiger partial charge in [0.05, 0.1) is 11.8 Å². The number of furan rings is 1. The Bertz CT molecular complexity index is 1120. The monoisotopic (exact) mass is 485 g/mol. The maximum Gasteiger partial charge on any atom is 0.338 e. The number of thiazole rings is 1. The van der Waals surface area contributed by atoms with Gasteiger partial charge in [-0.05, 0) is 30.7 Å². The van der Waals surface area contributed by atoms with Crippen LogP contribution in [0.3, 0.4) is 0 Å². The van der Waals surface area contributed by atoms with Crippen molar-refractivity contribution >= 4 is 40.9 Å². The molecule has 8 nitrogen and oxygen atoms in total. The van der Waals surface area contributed by atoms with Crippen LogP contribution in [0.25, 0.3) is 0 Å². The molecule has 0 atom stereocenters. The van der Waals surface area contributed by atoms with E-state index in [0.29, 0.717) is 37.5 Å². The molecule has 3 heterocycles. The third-order valence-electron chi connectivity index (χ3n) is 5.16. The summed E-state index contributed by atoms with van der Waals surface area (Å²) in [6.45, 7) is 3.16. The number of thioether (sulfide) groups is 1. The first-order valence-corrected chi connectivity index (χ1v) is 12.3. The van der Waals surface area contributed by atoms with E-state index in [1.807, 2.05) is 24.4 Å². The Morgan fingerprint density at radius 3 is 2.55 bits per heavy atom. The molecule has 4 rings (SSSR count). The van der Waals surface area contributed by atoms with Crippen LogP contribution in [-0.2, 0) is 15.3 Å². The summed E-state index contributed by atoms with van der Waals surface area (Å²) in [4.78, 5) is 45.2. The highest BCUT2D eigenvalue weighted by atomic mass is 32.2. The number of benzene rings is 1. The lowest BCUT2D eigenvalue weighted by atomic mass is 10.1. The van der Waals surface area contributed by atoms with Gasteiger partial charge < -0.3 is 19.0 Å². The van der Waals surface area contributed by atoms with Crippen LogP contribution >= 0.6 is 23.1 Å². The number of aromatic nitrogens is 1. The molecule has 1 aliphatic rings. The summed E-state index contributed by atoms with van der Waals surface area (Å²) in [7, 11) is 0. The number of amides is 2. The zero-order valence-corrected chi connectivity index (χ0v) is 19.7. The quantitative estimate of drug-likeness (QED) is 0.374. The highest BCUT2D eigenvalue weighted by Crippen LogP contribution is 2.27. The Kier molecular flexibility index (Phi) is 7.46. The number of carbonyl (C=O) groups is 3. The molecule has 3 aromatic rings. The fourth-order valence-corrected chi connectivity index (χ4v) is 5.25. The molecule has 0 bridgehead atoms. The molecule has 0 aliphatic carbocycles. The topological polar surface area (TPSA) is 93.0 Å². The number of hydrogen-bond acceptors (Lipinski definition) is 8. The molecule has 2 aromatic heterocycles. The first kappa shape index (κ1) is 23.1. The van der Waals surface area contributed by atoms with Gasteiger partial charge in [0.25, 0.3) is 11.8 Å². The summed E-state index contributed by atoms with van der Waals surface area (Å²) >= 11 is 3.13. The highest BCUT2D eigenvalue weighted by molar-refractivity contribution is 8.00. The maximum absolute atomic E-state index is 12.7. The fraction of sp³-hybridized carbons (Fsp3) is 0.304. The Morgan fingerprint density at radius 2 is 1.85 bits per heavy atom. The van der Waals surface area contributed by atoms with E-state index >= 15 is 0 Å². The van der Waals surface area contributed by atoms with E-state index in [1.165, 1.54) is 6.26 Å². The van der Waals surface area contributed by atoms with Crippen LogP contribution in [-0.4, -0.2) is 65.4 Å². The number of carbonyl (C=O) groups excluding carboxylic acids is 3. The minimum atomic E-state index is -0.526. The molecule has 33 heavy (non-hydrogen) atoms. The summed E-state index contributed by atoms with van der Waals surface area (Å²) in [6, 6.07) is 10.5. The van der Waals surface area contributed by atoms with E-state index in [2.05, 4.69) is 4.98 Å². The van der Waals surface area contributed by atoms with Crippen LogP contribution in [0.4, 0.5) is 0 Å². The lowest BCUT2D eigenvalue weighted by molar-refractivity contribution is -0.136. The minimum Gasteiger partial charge on any atom is -0.459 e. The maximum atomic E-state index is 12.7. The number of aryl methyl sites for hydroxylation is 1. The molecular formula is C23H23N3O5S2. The molecule has 0 unspecified atom stereocenters. The molecule has 10 heteroatoms. The van der Waals surface area contributed by atoms with E-state index in [1.54, 1.807) is 57.2 Å². The Hall–Kier alpha value is -3.11. The molecule has 2 amide bonds. The number of ether oxygens (including phenoxy) is 1. The van der Waals surface area contributed by atoms with Crippen molar-refractivity contribution in [2.45, 2.75) is 17.0 Å². The minimum absolute atomic E-state index is 0.194. The van der Waals surface area contributed by atoms with Gasteiger partial charge in [0, 0.05) is 43.0 Å². The third kappa shape index (κ3) is 5.82. The number of nitrogens with zero attached hydrogens (tertiary/aromatic N) is 3. The van der Waals surface area contributed by atoms with Crippen molar-refractivity contribution in [3.05, 3.63) is 70.6 Å². The molecule has 0 radical (unpaired) electrons. The van der Waals surface area contributed by atoms with E-state index in [-0.39, 0.29) is 24.2 Å². The first-order chi connectivity index (χ1) is 16.0. The highest BCUT2D eigenvalue weighted by Gasteiger charge is 2.26. The second kappa shape index (κ2) is 10.7. The predicted octanol–water partition coefficient (Wildman–Crippen LogP) is 3.48. The van der Waals surface area contributed by atoms with Crippen molar-refractivity contribution in [2.75, 3.05) is 32.8 Å². The lowest BCUT2D eigenvalue weighted by Crippen LogP contribution is -2.51. The van der Waals surface area contributed by atoms with Gasteiger partial charge in [-0.15, -0.1) is 11.3 Å². The zero-order valence-electron chi connectivity index (χ0n) is 18.1. The SMILES string of the molecule is Cc1csc(SCc2ccccc2C(=O)OCC(=O)N2CCN(C(=O)c3ccco3)CC2)n1. The van der Waals surface area contributed by atoms with Crippen molar-refractivity contribution in [1.82, 2.24) is 14.8 Å². The third-order valence-corrected chi connectivity index (χ3v) is 7.35. The summed E-state index contributed by atoms with van der Waals surface area (Å²) in [6.07, 6.45) is 1.46. The average molecular weight is 486 g/mol. The van der Waals surface area contributed by atoms with Crippen molar-refractivity contribution in [2.24, 2.45) is 0 Å². The normalized spacial score (nSPS) is 13.7. The second-order valence-corrected chi connectivity index (χ2v) is 9.51. The van der Waals surface area contributed by atoms with Crippen molar-refractivity contribution in [3.8, 4) is 0 Å². The van der Waals surface area contributed by atoms with Gasteiger partial charge in [0.2, 0.25) is 0 Å². The smallest absolute Gasteiger partial charge is 0.338 e. The summed E-state index contributed by atoms with van der Waals surface area (Å²) < 4.78 is 11.4. The molecule has 0 saturated carbocycles. The molecule has 0 N–H and O–H groups in total. The van der Waals surface area contributed by atoms with Gasteiger partial charge in [0.1, 0.15) is 4.34 Å². The Labute approximate surface area is 199 Å². The van der Waals surface area contributed by atoms with E-state index in [4.69, 9.17) is 9.15 Å². The molecule has 1 aliphatic heterocycles. The fourth-order valence-electron chi connectivity index (χ4n) is 3.39. The molecule has 0 spiro atoms. The molecule has 1 aromatic carbocycles. The lowest BCUT2D eigenvalue weighted by Gasteiger charge is -2.34. The van der Waals surface area contributed by atoms with Gasteiger partial charge in [-0.2, -0.15) is 0 Å². The van der Waals surface area contributed by atoms with Crippen LogP contribution in [0.5, 0.6) is 0 Å². The molecule has 172 valence electrons. The van der Waals surface area contributed by atoms with Crippen LogP contribution in [0.1, 0.15) is 32.2 Å². The Morgan fingerprint density at radius 1 is 1.09 bits per heavy atom. The molecule has 1 saturated heterocycles. The van der Waals surface area contributed by atoms with Crippen molar-refractivity contribution in [1.29, 1.82) is 0 Å². The zero-order chi connectivity index (χ0) is 23.2. The van der Waals surface area contributed by atoms with Gasteiger partial charge in [0.15, 0.2) is 12.4 Å². The van der Waals surface area contributed by atoms with Gasteiger partial charge >= 0.3 is 5.97 Å². The van der Waals surface area contributed by atoms with Gasteiger partial charge in [-0.1, -0.05) is 30.0 Å². The van der Waals surface area contributed by atoms with Crippen LogP contribution < -0.4 is 0 Å². The van der Waals surface area contributed by atoms with Crippen LogP contribution in [0.15, 0.2) is 56.8 Å². The summed E-state index contributed by atoms with van der Waals surface area (Å²) in [5.74, 6) is -0.135. The van der Waals surface area contributed by atoms with Crippen molar-refractivity contribution < 1.29 is 23.5 Å². The van der Waals surface area contributed by atoms with Crippen LogP contribution in [0.2, 0.25) is 0 Å². The van der Waals surface area contributed by atoms with Gasteiger partial charge in [-0.3, -0.25) is 9.59 Å². The van der Waals surface area contributed by atoms with E-state index in [9.17, 15) is 14.4 Å². The van der Waals surface area contributed by atoms with Crippen molar-refractivity contribution in [3.63, 3.8) is 0 Å². The first-order valence-electron chi connectivity index (χ1n) is 10.4. The molecular weight excluding hydrogens is 462 g/mol. The summed E-state index contributed by atoms with van der Waals surface area (Å²) in [5.41, 5.74) is 2.25. The van der Waals surface area contributed by atoms with Crippen LogP contribution in [0, 0.1) is 6.92 Å². The summed E-state index contributed by atoms with van der Waals surface area (Å²) in [5, 5.41) is 1.99. The van der Waals surface area contributed by atoms with E-state index in [0.717, 1.165) is 15.6 Å². The second-order valence-electron chi connectivity index (χ2n) is 7.43. The number of piperazine rings is 1. The Balaban J connectivity index is 1.27. The van der Waals surface area contributed by atoms with Gasteiger partial charge in [-0.25, -0.2) is 9.78 Å². The number of rotatable bonds is 7. The number of esters is 1. The average Bonchev–Trinajstić information content (AvgIpc) is 3.53. The molecule has 1 fully saturated rings. The largest absolute Gasteiger partial charge is 0.459 e. The number of hydrogen-bond donors (Lipinski definition) is 0. The van der Waals surface area contributed by atoms with E-state index < -0.39 is 5.97 Å². The standard InChI is InChI=1S/C23H23N3O5S2/c1-16-14-32-23(24-16)33-15-17-5-2-3-6-18(17)22(29)31-13-20(27)25-8-10-26(11-9-25)21(28)19-7-4-12-30-19/h2-7,12,14H,8-11,13,15H2,1H3.